The molecule has 0 aliphatic carbocycles. The molecule has 0 unspecified atom stereocenters. The van der Waals surface area contributed by atoms with Gasteiger partial charge in [-0.2, -0.15) is 24.7 Å². The van der Waals surface area contributed by atoms with Gasteiger partial charge in [0.15, 0.2) is 0 Å². The van der Waals surface area contributed by atoms with Gasteiger partial charge in [0.05, 0.1) is 7.11 Å². The summed E-state index contributed by atoms with van der Waals surface area (Å²) in [6.45, 7) is 0. The van der Waals surface area contributed by atoms with Crippen LogP contribution >= 0.6 is 0 Å². The minimum atomic E-state index is 0.0269. The second-order valence-electron chi connectivity index (χ2n) is 3.89. The first kappa shape index (κ1) is 12.8. The van der Waals surface area contributed by atoms with Gasteiger partial charge < -0.3 is 15.2 Å². The van der Waals surface area contributed by atoms with E-state index in [9.17, 15) is 0 Å². The zero-order valence-electron chi connectivity index (χ0n) is 11.0. The largest absolute Gasteiger partial charge is 0.497 e. The SMILES string of the molecule is COc1ccc(Oc2nc(N)nc(-n3cncn3)n2)cc1. The normalized spacial score (nSPS) is 10.3. The van der Waals surface area contributed by atoms with Crippen LogP contribution in [0.5, 0.6) is 17.5 Å². The molecule has 3 aromatic rings. The smallest absolute Gasteiger partial charge is 0.328 e. The zero-order chi connectivity index (χ0) is 14.7. The molecule has 0 saturated heterocycles. The van der Waals surface area contributed by atoms with E-state index in [1.807, 2.05) is 0 Å². The summed E-state index contributed by atoms with van der Waals surface area (Å²) in [4.78, 5) is 15.8. The van der Waals surface area contributed by atoms with Crippen molar-refractivity contribution >= 4 is 5.95 Å². The van der Waals surface area contributed by atoms with Crippen molar-refractivity contribution in [1.82, 2.24) is 29.7 Å². The average Bonchev–Trinajstić information content (AvgIpc) is 3.02. The van der Waals surface area contributed by atoms with Crippen LogP contribution in [0, 0.1) is 0 Å². The quantitative estimate of drug-likeness (QED) is 0.749. The van der Waals surface area contributed by atoms with Gasteiger partial charge in [-0.25, -0.2) is 4.98 Å². The number of hydrogen-bond acceptors (Lipinski definition) is 8. The average molecular weight is 285 g/mol. The van der Waals surface area contributed by atoms with Crippen molar-refractivity contribution in [2.24, 2.45) is 0 Å². The molecule has 0 amide bonds. The lowest BCUT2D eigenvalue weighted by Gasteiger charge is -2.06. The lowest BCUT2D eigenvalue weighted by atomic mass is 10.3. The predicted molar refractivity (Wildman–Crippen MR) is 72.2 cm³/mol. The van der Waals surface area contributed by atoms with E-state index in [4.69, 9.17) is 15.2 Å². The maximum absolute atomic E-state index is 5.64. The van der Waals surface area contributed by atoms with Gasteiger partial charge in [0, 0.05) is 0 Å². The van der Waals surface area contributed by atoms with Crippen molar-refractivity contribution in [2.45, 2.75) is 0 Å². The van der Waals surface area contributed by atoms with Gasteiger partial charge in [0.1, 0.15) is 24.2 Å². The van der Waals surface area contributed by atoms with Crippen molar-refractivity contribution < 1.29 is 9.47 Å². The predicted octanol–water partition coefficient (Wildman–Crippen LogP) is 0.835. The Morgan fingerprint density at radius 2 is 1.81 bits per heavy atom. The first-order chi connectivity index (χ1) is 10.2. The number of hydrogen-bond donors (Lipinski definition) is 1. The summed E-state index contributed by atoms with van der Waals surface area (Å²) in [6.07, 6.45) is 2.82. The van der Waals surface area contributed by atoms with Crippen LogP contribution in [0.4, 0.5) is 5.95 Å². The molecule has 0 radical (unpaired) electrons. The molecular formula is C12H11N7O2. The first-order valence-corrected chi connectivity index (χ1v) is 5.93. The third kappa shape index (κ3) is 2.86. The molecule has 0 aliphatic rings. The van der Waals surface area contributed by atoms with E-state index in [0.29, 0.717) is 5.75 Å². The first-order valence-electron chi connectivity index (χ1n) is 5.93. The number of nitrogen functional groups attached to an aromatic ring is 1. The molecule has 0 saturated carbocycles. The molecule has 2 heterocycles. The molecule has 0 aliphatic heterocycles. The number of methoxy groups -OCH3 is 1. The number of anilines is 1. The second kappa shape index (κ2) is 5.41. The van der Waals surface area contributed by atoms with Crippen LogP contribution in [0.3, 0.4) is 0 Å². The molecule has 2 aromatic heterocycles. The van der Waals surface area contributed by atoms with Crippen LogP contribution in [-0.2, 0) is 0 Å². The summed E-state index contributed by atoms with van der Waals surface area (Å²) in [7, 11) is 1.59. The molecule has 9 heteroatoms. The summed E-state index contributed by atoms with van der Waals surface area (Å²) in [5, 5.41) is 3.92. The highest BCUT2D eigenvalue weighted by Gasteiger charge is 2.09. The Morgan fingerprint density at radius 1 is 1.05 bits per heavy atom. The van der Waals surface area contributed by atoms with Crippen molar-refractivity contribution in [3.63, 3.8) is 0 Å². The zero-order valence-corrected chi connectivity index (χ0v) is 11.0. The van der Waals surface area contributed by atoms with Crippen LogP contribution in [0.15, 0.2) is 36.9 Å². The van der Waals surface area contributed by atoms with Gasteiger partial charge >= 0.3 is 6.01 Å². The Morgan fingerprint density at radius 3 is 2.48 bits per heavy atom. The van der Waals surface area contributed by atoms with E-state index in [1.54, 1.807) is 31.4 Å². The van der Waals surface area contributed by atoms with E-state index >= 15 is 0 Å². The highest BCUT2D eigenvalue weighted by atomic mass is 16.5. The molecule has 21 heavy (non-hydrogen) atoms. The van der Waals surface area contributed by atoms with Crippen LogP contribution in [0.1, 0.15) is 0 Å². The van der Waals surface area contributed by atoms with E-state index in [2.05, 4.69) is 25.0 Å². The Hall–Kier alpha value is -3.23. The van der Waals surface area contributed by atoms with Gasteiger partial charge in [-0.15, -0.1) is 0 Å². The van der Waals surface area contributed by atoms with E-state index in [0.717, 1.165) is 5.75 Å². The fourth-order valence-electron chi connectivity index (χ4n) is 1.57. The second-order valence-corrected chi connectivity index (χ2v) is 3.89. The maximum Gasteiger partial charge on any atom is 0.328 e. The number of nitrogens with zero attached hydrogens (tertiary/aromatic N) is 6. The van der Waals surface area contributed by atoms with Gasteiger partial charge in [-0.3, -0.25) is 0 Å². The number of benzene rings is 1. The Kier molecular flexibility index (Phi) is 3.29. The molecule has 3 rings (SSSR count). The van der Waals surface area contributed by atoms with Gasteiger partial charge in [-0.05, 0) is 24.3 Å². The van der Waals surface area contributed by atoms with Crippen molar-refractivity contribution in [2.75, 3.05) is 12.8 Å². The minimum Gasteiger partial charge on any atom is -0.497 e. The van der Waals surface area contributed by atoms with E-state index in [1.165, 1.54) is 17.3 Å². The topological polar surface area (TPSA) is 114 Å². The molecule has 0 atom stereocenters. The van der Waals surface area contributed by atoms with Gasteiger partial charge in [0.25, 0.3) is 5.95 Å². The van der Waals surface area contributed by atoms with Gasteiger partial charge in [-0.1, -0.05) is 0 Å². The van der Waals surface area contributed by atoms with Crippen LogP contribution in [-0.4, -0.2) is 36.8 Å². The summed E-state index contributed by atoms with van der Waals surface area (Å²) >= 11 is 0. The minimum absolute atomic E-state index is 0.0269. The summed E-state index contributed by atoms with van der Waals surface area (Å²) < 4.78 is 12.0. The highest BCUT2D eigenvalue weighted by Crippen LogP contribution is 2.21. The van der Waals surface area contributed by atoms with E-state index in [-0.39, 0.29) is 17.9 Å². The van der Waals surface area contributed by atoms with Crippen molar-refractivity contribution in [1.29, 1.82) is 0 Å². The fourth-order valence-corrected chi connectivity index (χ4v) is 1.57. The summed E-state index contributed by atoms with van der Waals surface area (Å²) in [5.74, 6) is 1.52. The third-order valence-corrected chi connectivity index (χ3v) is 2.51. The number of nitrogens with two attached hydrogens (primary N) is 1. The number of ether oxygens (including phenoxy) is 2. The summed E-state index contributed by atoms with van der Waals surface area (Å²) in [5.41, 5.74) is 5.64. The lowest BCUT2D eigenvalue weighted by Crippen LogP contribution is -2.07. The highest BCUT2D eigenvalue weighted by molar-refractivity contribution is 5.33. The Labute approximate surface area is 119 Å². The molecule has 1 aromatic carbocycles. The van der Waals surface area contributed by atoms with Crippen LogP contribution in [0.25, 0.3) is 5.95 Å². The maximum atomic E-state index is 5.64. The Balaban J connectivity index is 1.88. The fraction of sp³-hybridized carbons (Fsp3) is 0.0833. The molecule has 0 spiro atoms. The molecule has 106 valence electrons. The Bertz CT molecular complexity index is 728. The van der Waals surface area contributed by atoms with Crippen molar-refractivity contribution in [3.8, 4) is 23.5 Å². The number of aromatic nitrogens is 6. The molecule has 9 nitrogen and oxygen atoms in total. The monoisotopic (exact) mass is 285 g/mol. The molecule has 0 bridgehead atoms. The van der Waals surface area contributed by atoms with Crippen LogP contribution in [0.2, 0.25) is 0 Å². The number of rotatable bonds is 4. The van der Waals surface area contributed by atoms with Gasteiger partial charge in [0.2, 0.25) is 5.95 Å². The standard InChI is InChI=1S/C12H11N7O2/c1-20-8-2-4-9(5-3-8)21-12-17-10(13)16-11(18-12)19-7-14-6-15-19/h2-7H,1H3,(H2,13,16,17,18). The molecular weight excluding hydrogens is 274 g/mol. The third-order valence-electron chi connectivity index (χ3n) is 2.51. The van der Waals surface area contributed by atoms with Crippen LogP contribution < -0.4 is 15.2 Å². The molecule has 2 N–H and O–H groups in total. The molecule has 0 fully saturated rings. The van der Waals surface area contributed by atoms with E-state index < -0.39 is 0 Å². The van der Waals surface area contributed by atoms with Crippen molar-refractivity contribution in [3.05, 3.63) is 36.9 Å². The summed E-state index contributed by atoms with van der Waals surface area (Å²) in [6, 6.07) is 7.05. The lowest BCUT2D eigenvalue weighted by molar-refractivity contribution is 0.410.